The molecule has 1 aromatic carbocycles. The molecule has 1 N–H and O–H groups in total. The molecule has 1 atom stereocenters. The van der Waals surface area contributed by atoms with E-state index in [4.69, 9.17) is 21.7 Å². The number of nitrogens with one attached hydrogen (secondary N) is 1. The van der Waals surface area contributed by atoms with Crippen LogP contribution in [0, 0.1) is 0 Å². The van der Waals surface area contributed by atoms with E-state index in [1.807, 2.05) is 18.2 Å². The number of benzene rings is 1. The van der Waals surface area contributed by atoms with E-state index in [1.165, 1.54) is 6.92 Å². The smallest absolute Gasteiger partial charge is 0.410 e. The minimum absolute atomic E-state index is 0.228. The summed E-state index contributed by atoms with van der Waals surface area (Å²) in [5, 5.41) is 3.02. The Kier molecular flexibility index (Phi) is 6.13. The Morgan fingerprint density at radius 1 is 1.36 bits per heavy atom. The first-order chi connectivity index (χ1) is 13.3. The summed E-state index contributed by atoms with van der Waals surface area (Å²) in [6.45, 7) is 4.80. The van der Waals surface area contributed by atoms with Gasteiger partial charge in [0.05, 0.1) is 18.1 Å². The summed E-state index contributed by atoms with van der Waals surface area (Å²) in [6, 6.07) is 5.78. The van der Waals surface area contributed by atoms with Gasteiger partial charge >= 0.3 is 12.1 Å². The van der Waals surface area contributed by atoms with Crippen molar-refractivity contribution in [2.75, 3.05) is 31.1 Å². The fourth-order valence-electron chi connectivity index (χ4n) is 3.34. The summed E-state index contributed by atoms with van der Waals surface area (Å²) in [5.74, 6) is -0.719. The molecule has 1 saturated heterocycles. The van der Waals surface area contributed by atoms with Crippen LogP contribution in [0.3, 0.4) is 0 Å². The zero-order valence-electron chi connectivity index (χ0n) is 15.9. The lowest BCUT2D eigenvalue weighted by Crippen LogP contribution is -2.33. The molecule has 0 aromatic heterocycles. The van der Waals surface area contributed by atoms with Crippen LogP contribution in [0.5, 0.6) is 0 Å². The normalized spacial score (nSPS) is 17.9. The standard InChI is InChI=1S/C19H23N3O5S/c1-12(28)20-8-16-10-21(19(25)27-16)9-14-3-4-17-15(7-14)5-6-22(17)18(24)11-26-13(2)23/h3-4,7,16H,5-6,8-11H2,1-2H3,(H,20,28)/t16-/m0/s1. The van der Waals surface area contributed by atoms with Crippen LogP contribution < -0.4 is 10.2 Å². The van der Waals surface area contributed by atoms with Crippen LogP contribution in [0.25, 0.3) is 0 Å². The number of cyclic esters (lactones) is 1. The lowest BCUT2D eigenvalue weighted by atomic mass is 10.1. The van der Waals surface area contributed by atoms with Gasteiger partial charge in [-0.25, -0.2) is 4.79 Å². The maximum Gasteiger partial charge on any atom is 0.410 e. The molecule has 0 saturated carbocycles. The molecule has 2 aliphatic rings. The second-order valence-corrected chi connectivity index (χ2v) is 7.47. The largest absolute Gasteiger partial charge is 0.456 e. The first-order valence-electron chi connectivity index (χ1n) is 9.09. The molecular weight excluding hydrogens is 382 g/mol. The molecule has 2 aliphatic heterocycles. The van der Waals surface area contributed by atoms with Crippen molar-refractivity contribution in [3.8, 4) is 0 Å². The molecule has 28 heavy (non-hydrogen) atoms. The minimum Gasteiger partial charge on any atom is -0.456 e. The molecule has 3 rings (SSSR count). The summed E-state index contributed by atoms with van der Waals surface area (Å²) in [7, 11) is 0. The molecule has 0 aliphatic carbocycles. The Morgan fingerprint density at radius 3 is 2.86 bits per heavy atom. The number of rotatable bonds is 6. The average Bonchev–Trinajstić information content (AvgIpc) is 3.21. The first kappa shape index (κ1) is 20.1. The van der Waals surface area contributed by atoms with Gasteiger partial charge in [-0.05, 0) is 30.5 Å². The van der Waals surface area contributed by atoms with Crippen molar-refractivity contribution in [1.82, 2.24) is 10.2 Å². The number of hydrogen-bond acceptors (Lipinski definition) is 6. The number of ether oxygens (including phenoxy) is 2. The molecule has 8 nitrogen and oxygen atoms in total. The molecule has 2 amide bonds. The SMILES string of the molecule is CC(=O)OCC(=O)N1CCc2cc(CN3C[C@H](CNC(C)=S)OC3=O)ccc21. The van der Waals surface area contributed by atoms with Crippen LogP contribution in [-0.4, -0.2) is 60.2 Å². The van der Waals surface area contributed by atoms with Gasteiger partial charge in [0.15, 0.2) is 6.61 Å². The highest BCUT2D eigenvalue weighted by Crippen LogP contribution is 2.29. The molecular formula is C19H23N3O5S. The van der Waals surface area contributed by atoms with E-state index >= 15 is 0 Å². The van der Waals surface area contributed by atoms with Crippen molar-refractivity contribution < 1.29 is 23.9 Å². The summed E-state index contributed by atoms with van der Waals surface area (Å²) >= 11 is 4.98. The van der Waals surface area contributed by atoms with E-state index in [2.05, 4.69) is 5.32 Å². The lowest BCUT2D eigenvalue weighted by molar-refractivity contribution is -0.145. The number of nitrogens with zero attached hydrogens (tertiary/aromatic N) is 2. The topological polar surface area (TPSA) is 88.2 Å². The Hall–Kier alpha value is -2.68. The number of carbonyl (C=O) groups excluding carboxylic acids is 3. The number of esters is 1. The van der Waals surface area contributed by atoms with E-state index in [0.29, 0.717) is 31.2 Å². The molecule has 0 unspecified atom stereocenters. The van der Waals surface area contributed by atoms with Crippen LogP contribution in [0.2, 0.25) is 0 Å². The van der Waals surface area contributed by atoms with Gasteiger partial charge in [-0.15, -0.1) is 0 Å². The molecule has 0 bridgehead atoms. The second kappa shape index (κ2) is 8.55. The number of amides is 2. The van der Waals surface area contributed by atoms with E-state index in [9.17, 15) is 14.4 Å². The lowest BCUT2D eigenvalue weighted by Gasteiger charge is -2.18. The first-order valence-corrected chi connectivity index (χ1v) is 9.50. The minimum atomic E-state index is -0.477. The van der Waals surface area contributed by atoms with Crippen molar-refractivity contribution in [3.05, 3.63) is 29.3 Å². The summed E-state index contributed by atoms with van der Waals surface area (Å²) in [6.07, 6.45) is 0.154. The van der Waals surface area contributed by atoms with Gasteiger partial charge in [0.25, 0.3) is 5.91 Å². The van der Waals surface area contributed by atoms with Crippen molar-refractivity contribution >= 4 is 40.9 Å². The zero-order valence-corrected chi connectivity index (χ0v) is 16.7. The van der Waals surface area contributed by atoms with Crippen molar-refractivity contribution in [3.63, 3.8) is 0 Å². The van der Waals surface area contributed by atoms with Gasteiger partial charge in [-0.3, -0.25) is 9.59 Å². The highest BCUT2D eigenvalue weighted by molar-refractivity contribution is 7.80. The molecule has 150 valence electrons. The Balaban J connectivity index is 1.60. The van der Waals surface area contributed by atoms with E-state index in [1.54, 1.807) is 16.7 Å². The number of thiocarbonyl (C=S) groups is 1. The van der Waals surface area contributed by atoms with E-state index in [-0.39, 0.29) is 24.7 Å². The number of hydrogen-bond donors (Lipinski definition) is 1. The van der Waals surface area contributed by atoms with E-state index in [0.717, 1.165) is 23.2 Å². The predicted octanol–water partition coefficient (Wildman–Crippen LogP) is 1.40. The van der Waals surface area contributed by atoms with Crippen molar-refractivity contribution in [2.24, 2.45) is 0 Å². The summed E-state index contributed by atoms with van der Waals surface area (Å²) < 4.78 is 10.2. The fraction of sp³-hybridized carbons (Fsp3) is 0.474. The van der Waals surface area contributed by atoms with Crippen LogP contribution in [-0.2, 0) is 32.0 Å². The van der Waals surface area contributed by atoms with Gasteiger partial charge in [0.1, 0.15) is 6.10 Å². The van der Waals surface area contributed by atoms with Crippen molar-refractivity contribution in [2.45, 2.75) is 32.9 Å². The number of carbonyl (C=O) groups is 3. The molecule has 9 heteroatoms. The van der Waals surface area contributed by atoms with Crippen LogP contribution in [0.1, 0.15) is 25.0 Å². The molecule has 2 heterocycles. The predicted molar refractivity (Wildman–Crippen MR) is 106 cm³/mol. The van der Waals surface area contributed by atoms with E-state index < -0.39 is 5.97 Å². The molecule has 1 aromatic rings. The maximum absolute atomic E-state index is 12.2. The summed E-state index contributed by atoms with van der Waals surface area (Å²) in [4.78, 5) is 39.2. The quantitative estimate of drug-likeness (QED) is 0.565. The third kappa shape index (κ3) is 4.78. The van der Waals surface area contributed by atoms with Crippen LogP contribution in [0.4, 0.5) is 10.5 Å². The highest BCUT2D eigenvalue weighted by Gasteiger charge is 2.31. The highest BCUT2D eigenvalue weighted by atomic mass is 32.1. The fourth-order valence-corrected chi connectivity index (χ4v) is 3.43. The van der Waals surface area contributed by atoms with Gasteiger partial charge in [0, 0.05) is 25.7 Å². The molecule has 1 fully saturated rings. The Bertz CT molecular complexity index is 813. The maximum atomic E-state index is 12.2. The van der Waals surface area contributed by atoms with Crippen LogP contribution in [0.15, 0.2) is 18.2 Å². The third-order valence-corrected chi connectivity index (χ3v) is 4.79. The van der Waals surface area contributed by atoms with Crippen molar-refractivity contribution in [1.29, 1.82) is 0 Å². The third-order valence-electron chi connectivity index (χ3n) is 4.64. The average molecular weight is 405 g/mol. The van der Waals surface area contributed by atoms with Gasteiger partial charge in [-0.1, -0.05) is 24.4 Å². The molecule has 0 radical (unpaired) electrons. The van der Waals surface area contributed by atoms with Gasteiger partial charge in [0.2, 0.25) is 0 Å². The Morgan fingerprint density at radius 2 is 2.14 bits per heavy atom. The van der Waals surface area contributed by atoms with Gasteiger partial charge < -0.3 is 24.6 Å². The second-order valence-electron chi connectivity index (χ2n) is 6.86. The zero-order chi connectivity index (χ0) is 20.3. The Labute approximate surface area is 168 Å². The summed E-state index contributed by atoms with van der Waals surface area (Å²) in [5.41, 5.74) is 2.84. The number of anilines is 1. The van der Waals surface area contributed by atoms with Crippen LogP contribution >= 0.6 is 12.2 Å². The molecule has 0 spiro atoms. The number of fused-ring (bicyclic) bond motifs is 1. The monoisotopic (exact) mass is 405 g/mol. The van der Waals surface area contributed by atoms with Gasteiger partial charge in [-0.2, -0.15) is 0 Å².